The van der Waals surface area contributed by atoms with E-state index >= 15 is 0 Å². The minimum Gasteiger partial charge on any atom is -0.462 e. The Morgan fingerprint density at radius 1 is 1.28 bits per heavy atom. The lowest BCUT2D eigenvalue weighted by atomic mass is 9.86. The summed E-state index contributed by atoms with van der Waals surface area (Å²) in [7, 11) is 0. The Kier molecular flexibility index (Phi) is 4.76. The third kappa shape index (κ3) is 4.40. The van der Waals surface area contributed by atoms with E-state index in [0.29, 0.717) is 0 Å². The predicted octanol–water partition coefficient (Wildman–Crippen LogP) is 3.35. The Morgan fingerprint density at radius 3 is 2.44 bits per heavy atom. The third-order valence-corrected chi connectivity index (χ3v) is 2.53. The first-order chi connectivity index (χ1) is 8.30. The molecule has 0 bridgehead atoms. The van der Waals surface area contributed by atoms with Crippen LogP contribution in [-0.4, -0.2) is 18.6 Å². The van der Waals surface area contributed by atoms with Crippen molar-refractivity contribution in [3.63, 3.8) is 0 Å². The first kappa shape index (κ1) is 14.6. The summed E-state index contributed by atoms with van der Waals surface area (Å²) in [6, 6.07) is 8.04. The number of para-hydroxylation sites is 1. The number of carbonyl (C=O) groups excluding carboxylic acids is 1. The Morgan fingerprint density at radius 2 is 1.89 bits per heavy atom. The van der Waals surface area contributed by atoms with E-state index in [-0.39, 0.29) is 24.0 Å². The maximum absolute atomic E-state index is 11.5. The Bertz CT molecular complexity index is 405. The summed E-state index contributed by atoms with van der Waals surface area (Å²) in [5.74, 6) is -0.228. The van der Waals surface area contributed by atoms with Crippen LogP contribution in [0.4, 0.5) is 5.69 Å². The fourth-order valence-corrected chi connectivity index (χ4v) is 1.76. The number of esters is 1. The summed E-state index contributed by atoms with van der Waals surface area (Å²) in [5, 5.41) is 3.15. The Labute approximate surface area is 110 Å². The van der Waals surface area contributed by atoms with E-state index in [0.717, 1.165) is 5.69 Å². The highest BCUT2D eigenvalue weighted by atomic mass is 16.5. The monoisotopic (exact) mass is 249 g/mol. The number of hydrogen-bond donors (Lipinski definition) is 1. The lowest BCUT2D eigenvalue weighted by molar-refractivity contribution is -0.145. The van der Waals surface area contributed by atoms with Crippen LogP contribution in [-0.2, 0) is 14.9 Å². The molecule has 0 saturated heterocycles. The summed E-state index contributed by atoms with van der Waals surface area (Å²) in [4.78, 5) is 11.5. The van der Waals surface area contributed by atoms with Gasteiger partial charge in [0.1, 0.15) is 6.54 Å². The van der Waals surface area contributed by atoms with Crippen molar-refractivity contribution in [1.29, 1.82) is 0 Å². The summed E-state index contributed by atoms with van der Waals surface area (Å²) in [6.07, 6.45) is -0.0721. The number of hydrogen-bond acceptors (Lipinski definition) is 3. The molecule has 3 nitrogen and oxygen atoms in total. The van der Waals surface area contributed by atoms with Gasteiger partial charge in [-0.3, -0.25) is 4.79 Å². The topological polar surface area (TPSA) is 38.3 Å². The van der Waals surface area contributed by atoms with Gasteiger partial charge in [0.05, 0.1) is 6.10 Å². The molecule has 1 rings (SSSR count). The SMILES string of the molecule is CC(C)OC(=O)CNc1ccccc1C(C)(C)C. The van der Waals surface area contributed by atoms with Gasteiger partial charge in [0.2, 0.25) is 0 Å². The molecule has 0 saturated carbocycles. The fourth-order valence-electron chi connectivity index (χ4n) is 1.76. The molecule has 18 heavy (non-hydrogen) atoms. The van der Waals surface area contributed by atoms with Crippen molar-refractivity contribution in [1.82, 2.24) is 0 Å². The van der Waals surface area contributed by atoms with Crippen LogP contribution in [0, 0.1) is 0 Å². The van der Waals surface area contributed by atoms with Crippen molar-refractivity contribution in [2.75, 3.05) is 11.9 Å². The van der Waals surface area contributed by atoms with E-state index in [2.05, 4.69) is 32.2 Å². The molecular formula is C15H23NO2. The summed E-state index contributed by atoms with van der Waals surface area (Å²) in [5.41, 5.74) is 2.24. The van der Waals surface area contributed by atoms with Gasteiger partial charge >= 0.3 is 5.97 Å². The zero-order valence-corrected chi connectivity index (χ0v) is 11.9. The maximum Gasteiger partial charge on any atom is 0.325 e. The predicted molar refractivity (Wildman–Crippen MR) is 74.9 cm³/mol. The molecule has 0 radical (unpaired) electrons. The normalized spacial score (nSPS) is 11.4. The number of nitrogens with one attached hydrogen (secondary N) is 1. The largest absolute Gasteiger partial charge is 0.462 e. The zero-order chi connectivity index (χ0) is 13.8. The molecule has 1 aromatic rings. The van der Waals surface area contributed by atoms with Crippen LogP contribution in [0.5, 0.6) is 0 Å². The van der Waals surface area contributed by atoms with Gasteiger partial charge < -0.3 is 10.1 Å². The average Bonchev–Trinajstić information content (AvgIpc) is 2.24. The van der Waals surface area contributed by atoms with Crippen molar-refractivity contribution >= 4 is 11.7 Å². The summed E-state index contributed by atoms with van der Waals surface area (Å²) < 4.78 is 5.10. The number of benzene rings is 1. The number of ether oxygens (including phenoxy) is 1. The maximum atomic E-state index is 11.5. The van der Waals surface area contributed by atoms with Gasteiger partial charge in [-0.05, 0) is 30.9 Å². The molecule has 3 heteroatoms. The van der Waals surface area contributed by atoms with E-state index in [1.807, 2.05) is 32.0 Å². The molecule has 0 aliphatic carbocycles. The molecule has 0 fully saturated rings. The first-order valence-electron chi connectivity index (χ1n) is 6.33. The van der Waals surface area contributed by atoms with E-state index < -0.39 is 0 Å². The van der Waals surface area contributed by atoms with Crippen LogP contribution >= 0.6 is 0 Å². The van der Waals surface area contributed by atoms with Crippen molar-refractivity contribution in [2.24, 2.45) is 0 Å². The van der Waals surface area contributed by atoms with Crippen LogP contribution in [0.15, 0.2) is 24.3 Å². The number of anilines is 1. The van der Waals surface area contributed by atoms with E-state index in [9.17, 15) is 4.79 Å². The van der Waals surface area contributed by atoms with Crippen LogP contribution in [0.3, 0.4) is 0 Å². The Balaban J connectivity index is 2.71. The second-order valence-corrected chi connectivity index (χ2v) is 5.69. The van der Waals surface area contributed by atoms with Gasteiger partial charge in [0.15, 0.2) is 0 Å². The molecule has 0 atom stereocenters. The number of rotatable bonds is 4. The van der Waals surface area contributed by atoms with Crippen molar-refractivity contribution in [3.8, 4) is 0 Å². The minimum absolute atomic E-state index is 0.0472. The zero-order valence-electron chi connectivity index (χ0n) is 11.9. The molecule has 0 aliphatic heterocycles. The van der Waals surface area contributed by atoms with Gasteiger partial charge in [-0.1, -0.05) is 39.0 Å². The van der Waals surface area contributed by atoms with Gasteiger partial charge in [-0.25, -0.2) is 0 Å². The van der Waals surface area contributed by atoms with E-state index in [1.165, 1.54) is 5.56 Å². The van der Waals surface area contributed by atoms with Crippen LogP contribution in [0.25, 0.3) is 0 Å². The Hall–Kier alpha value is -1.51. The quantitative estimate of drug-likeness (QED) is 0.832. The highest BCUT2D eigenvalue weighted by molar-refractivity contribution is 5.75. The van der Waals surface area contributed by atoms with Gasteiger partial charge in [0, 0.05) is 5.69 Å². The van der Waals surface area contributed by atoms with Crippen molar-refractivity contribution in [2.45, 2.75) is 46.1 Å². The van der Waals surface area contributed by atoms with Gasteiger partial charge in [-0.15, -0.1) is 0 Å². The molecule has 0 aliphatic rings. The van der Waals surface area contributed by atoms with Crippen molar-refractivity contribution < 1.29 is 9.53 Å². The molecule has 0 unspecified atom stereocenters. The van der Waals surface area contributed by atoms with Crippen molar-refractivity contribution in [3.05, 3.63) is 29.8 Å². The second kappa shape index (κ2) is 5.89. The fraction of sp³-hybridized carbons (Fsp3) is 0.533. The summed E-state index contributed by atoms with van der Waals surface area (Å²) in [6.45, 7) is 10.4. The molecule has 0 amide bonds. The highest BCUT2D eigenvalue weighted by Crippen LogP contribution is 2.28. The average molecular weight is 249 g/mol. The first-order valence-corrected chi connectivity index (χ1v) is 6.33. The van der Waals surface area contributed by atoms with Gasteiger partial charge in [-0.2, -0.15) is 0 Å². The third-order valence-electron chi connectivity index (χ3n) is 2.53. The molecule has 0 aromatic heterocycles. The van der Waals surface area contributed by atoms with E-state index in [1.54, 1.807) is 0 Å². The smallest absolute Gasteiger partial charge is 0.325 e. The van der Waals surface area contributed by atoms with Crippen LogP contribution in [0.2, 0.25) is 0 Å². The standard InChI is InChI=1S/C15H23NO2/c1-11(2)18-14(17)10-16-13-9-7-6-8-12(13)15(3,4)5/h6-9,11,16H,10H2,1-5H3. The molecule has 100 valence electrons. The molecule has 0 heterocycles. The lowest BCUT2D eigenvalue weighted by Gasteiger charge is -2.23. The molecule has 1 aromatic carbocycles. The number of carbonyl (C=O) groups is 1. The van der Waals surface area contributed by atoms with E-state index in [4.69, 9.17) is 4.74 Å². The minimum atomic E-state index is -0.228. The molecular weight excluding hydrogens is 226 g/mol. The van der Waals surface area contributed by atoms with Gasteiger partial charge in [0.25, 0.3) is 0 Å². The lowest BCUT2D eigenvalue weighted by Crippen LogP contribution is -2.22. The summed E-state index contributed by atoms with van der Waals surface area (Å²) >= 11 is 0. The highest BCUT2D eigenvalue weighted by Gasteiger charge is 2.17. The van der Waals surface area contributed by atoms with Crippen LogP contribution in [0.1, 0.15) is 40.2 Å². The molecule has 0 spiro atoms. The van der Waals surface area contributed by atoms with Crippen LogP contribution < -0.4 is 5.32 Å². The second-order valence-electron chi connectivity index (χ2n) is 5.69. The molecule has 1 N–H and O–H groups in total.